The van der Waals surface area contributed by atoms with Gasteiger partial charge in [-0.05, 0) is 56.2 Å². The SMILES string of the molecule is CCNC(c1cc(C)nnc1CC)C1CCC(CC)CC1. The summed E-state index contributed by atoms with van der Waals surface area (Å²) in [5, 5.41) is 12.4. The van der Waals surface area contributed by atoms with Gasteiger partial charge in [0.15, 0.2) is 0 Å². The van der Waals surface area contributed by atoms with Crippen molar-refractivity contribution < 1.29 is 0 Å². The molecule has 0 aromatic carbocycles. The summed E-state index contributed by atoms with van der Waals surface area (Å²) in [6.07, 6.45) is 7.79. The Morgan fingerprint density at radius 2 is 1.86 bits per heavy atom. The van der Waals surface area contributed by atoms with Crippen LogP contribution in [0.25, 0.3) is 0 Å². The van der Waals surface area contributed by atoms with E-state index in [1.54, 1.807) is 0 Å². The monoisotopic (exact) mass is 289 g/mol. The molecular weight excluding hydrogens is 258 g/mol. The molecule has 1 aliphatic carbocycles. The maximum absolute atomic E-state index is 4.44. The quantitative estimate of drug-likeness (QED) is 0.852. The lowest BCUT2D eigenvalue weighted by Gasteiger charge is -2.35. The van der Waals surface area contributed by atoms with Gasteiger partial charge in [-0.3, -0.25) is 0 Å². The number of aryl methyl sites for hydroxylation is 2. The van der Waals surface area contributed by atoms with Gasteiger partial charge in [0.05, 0.1) is 11.4 Å². The van der Waals surface area contributed by atoms with Crippen molar-refractivity contribution in [2.45, 2.75) is 72.3 Å². The van der Waals surface area contributed by atoms with Gasteiger partial charge in [0.25, 0.3) is 0 Å². The van der Waals surface area contributed by atoms with Gasteiger partial charge in [0, 0.05) is 6.04 Å². The first-order chi connectivity index (χ1) is 10.2. The topological polar surface area (TPSA) is 37.8 Å². The first kappa shape index (κ1) is 16.4. The fourth-order valence-corrected chi connectivity index (χ4v) is 3.76. The summed E-state index contributed by atoms with van der Waals surface area (Å²) in [7, 11) is 0. The minimum Gasteiger partial charge on any atom is -0.310 e. The van der Waals surface area contributed by atoms with Crippen LogP contribution < -0.4 is 5.32 Å². The summed E-state index contributed by atoms with van der Waals surface area (Å²) >= 11 is 0. The lowest BCUT2D eigenvalue weighted by atomic mass is 9.75. The highest BCUT2D eigenvalue weighted by Gasteiger charge is 2.29. The molecule has 1 fully saturated rings. The molecule has 0 saturated heterocycles. The molecule has 3 nitrogen and oxygen atoms in total. The Hall–Kier alpha value is -0.960. The maximum atomic E-state index is 4.44. The van der Waals surface area contributed by atoms with Crippen LogP contribution in [-0.2, 0) is 6.42 Å². The molecule has 1 aliphatic rings. The minimum absolute atomic E-state index is 0.456. The molecule has 0 amide bonds. The molecule has 1 aromatic rings. The Morgan fingerprint density at radius 3 is 2.43 bits per heavy atom. The molecule has 0 bridgehead atoms. The van der Waals surface area contributed by atoms with Crippen LogP contribution in [0.1, 0.15) is 75.9 Å². The number of nitrogens with zero attached hydrogens (tertiary/aromatic N) is 2. The molecule has 0 aliphatic heterocycles. The summed E-state index contributed by atoms with van der Waals surface area (Å²) in [6.45, 7) is 9.78. The van der Waals surface area contributed by atoms with Gasteiger partial charge < -0.3 is 5.32 Å². The Bertz CT molecular complexity index is 436. The molecule has 118 valence electrons. The molecule has 1 N–H and O–H groups in total. The van der Waals surface area contributed by atoms with Gasteiger partial charge in [-0.1, -0.05) is 40.0 Å². The molecule has 0 radical (unpaired) electrons. The Morgan fingerprint density at radius 1 is 1.14 bits per heavy atom. The normalized spacial score (nSPS) is 24.0. The van der Waals surface area contributed by atoms with Crippen LogP contribution in [0.5, 0.6) is 0 Å². The van der Waals surface area contributed by atoms with Crippen LogP contribution in [0.3, 0.4) is 0 Å². The largest absolute Gasteiger partial charge is 0.310 e. The van der Waals surface area contributed by atoms with Crippen molar-refractivity contribution in [2.75, 3.05) is 6.54 Å². The fraction of sp³-hybridized carbons (Fsp3) is 0.778. The minimum atomic E-state index is 0.456. The van der Waals surface area contributed by atoms with Crippen LogP contribution in [0.4, 0.5) is 0 Å². The van der Waals surface area contributed by atoms with E-state index < -0.39 is 0 Å². The smallest absolute Gasteiger partial charge is 0.0676 e. The van der Waals surface area contributed by atoms with Crippen LogP contribution in [0.15, 0.2) is 6.07 Å². The highest BCUT2D eigenvalue weighted by molar-refractivity contribution is 5.25. The van der Waals surface area contributed by atoms with E-state index >= 15 is 0 Å². The fourth-order valence-electron chi connectivity index (χ4n) is 3.76. The van der Waals surface area contributed by atoms with Crippen molar-refractivity contribution >= 4 is 0 Å². The predicted octanol–water partition coefficient (Wildman–Crippen LogP) is 4.21. The zero-order valence-corrected chi connectivity index (χ0v) is 14.2. The van der Waals surface area contributed by atoms with Crippen molar-refractivity contribution in [3.63, 3.8) is 0 Å². The maximum Gasteiger partial charge on any atom is 0.0676 e. The van der Waals surface area contributed by atoms with Crippen molar-refractivity contribution in [1.82, 2.24) is 15.5 Å². The van der Waals surface area contributed by atoms with Crippen molar-refractivity contribution in [1.29, 1.82) is 0 Å². The van der Waals surface area contributed by atoms with Crippen molar-refractivity contribution in [3.05, 3.63) is 23.0 Å². The highest BCUT2D eigenvalue weighted by Crippen LogP contribution is 2.38. The molecule has 1 aromatic heterocycles. The van der Waals surface area contributed by atoms with Crippen LogP contribution >= 0.6 is 0 Å². The first-order valence-corrected chi connectivity index (χ1v) is 8.75. The zero-order chi connectivity index (χ0) is 15.2. The molecular formula is C18H31N3. The highest BCUT2D eigenvalue weighted by atomic mass is 15.1. The van der Waals surface area contributed by atoms with E-state index in [0.717, 1.165) is 30.5 Å². The Kier molecular flexibility index (Phi) is 6.16. The summed E-state index contributed by atoms with van der Waals surface area (Å²) < 4.78 is 0. The summed E-state index contributed by atoms with van der Waals surface area (Å²) in [6, 6.07) is 2.71. The van der Waals surface area contributed by atoms with E-state index in [0.29, 0.717) is 6.04 Å². The molecule has 1 unspecified atom stereocenters. The van der Waals surface area contributed by atoms with E-state index in [-0.39, 0.29) is 0 Å². The molecule has 21 heavy (non-hydrogen) atoms. The average Bonchev–Trinajstić information content (AvgIpc) is 2.53. The van der Waals surface area contributed by atoms with E-state index in [9.17, 15) is 0 Å². The van der Waals surface area contributed by atoms with Gasteiger partial charge in [0.2, 0.25) is 0 Å². The molecule has 3 heteroatoms. The molecule has 2 rings (SSSR count). The summed E-state index contributed by atoms with van der Waals surface area (Å²) in [4.78, 5) is 0. The third kappa shape index (κ3) is 4.03. The van der Waals surface area contributed by atoms with Gasteiger partial charge in [-0.2, -0.15) is 10.2 Å². The third-order valence-electron chi connectivity index (χ3n) is 5.06. The van der Waals surface area contributed by atoms with E-state index in [1.165, 1.54) is 43.4 Å². The number of hydrogen-bond acceptors (Lipinski definition) is 3. The Balaban J connectivity index is 2.21. The summed E-state index contributed by atoms with van der Waals surface area (Å²) in [5.41, 5.74) is 3.60. The zero-order valence-electron chi connectivity index (χ0n) is 14.2. The van der Waals surface area contributed by atoms with Gasteiger partial charge >= 0.3 is 0 Å². The average molecular weight is 289 g/mol. The lowest BCUT2D eigenvalue weighted by Crippen LogP contribution is -2.32. The van der Waals surface area contributed by atoms with E-state index in [2.05, 4.69) is 42.4 Å². The van der Waals surface area contributed by atoms with Gasteiger partial charge in [-0.25, -0.2) is 0 Å². The van der Waals surface area contributed by atoms with Crippen LogP contribution in [0, 0.1) is 18.8 Å². The number of rotatable bonds is 6. The second kappa shape index (κ2) is 7.88. The van der Waals surface area contributed by atoms with Crippen LogP contribution in [-0.4, -0.2) is 16.7 Å². The Labute approximate surface area is 129 Å². The van der Waals surface area contributed by atoms with Crippen molar-refractivity contribution in [2.24, 2.45) is 11.8 Å². The van der Waals surface area contributed by atoms with Gasteiger partial charge in [0.1, 0.15) is 0 Å². The molecule has 1 heterocycles. The summed E-state index contributed by atoms with van der Waals surface area (Å²) in [5.74, 6) is 1.70. The van der Waals surface area contributed by atoms with Crippen LogP contribution in [0.2, 0.25) is 0 Å². The predicted molar refractivity (Wildman–Crippen MR) is 88.3 cm³/mol. The second-order valence-electron chi connectivity index (χ2n) is 6.47. The second-order valence-corrected chi connectivity index (χ2v) is 6.47. The van der Waals surface area contributed by atoms with E-state index in [4.69, 9.17) is 0 Å². The number of nitrogens with one attached hydrogen (secondary N) is 1. The molecule has 1 atom stereocenters. The standard InChI is InChI=1S/C18H31N3/c1-5-14-8-10-15(11-9-14)18(19-7-3)16-12-13(4)20-21-17(16)6-2/h12,14-15,18-19H,5-11H2,1-4H3. The number of hydrogen-bond donors (Lipinski definition) is 1. The molecule has 1 saturated carbocycles. The van der Waals surface area contributed by atoms with E-state index in [1.807, 2.05) is 6.92 Å². The van der Waals surface area contributed by atoms with Gasteiger partial charge in [-0.15, -0.1) is 0 Å². The third-order valence-corrected chi connectivity index (χ3v) is 5.06. The first-order valence-electron chi connectivity index (χ1n) is 8.75. The molecule has 0 spiro atoms. The number of aromatic nitrogens is 2. The van der Waals surface area contributed by atoms with Crippen molar-refractivity contribution in [3.8, 4) is 0 Å². The lowest BCUT2D eigenvalue weighted by molar-refractivity contribution is 0.219.